The van der Waals surface area contributed by atoms with Gasteiger partial charge in [0.25, 0.3) is 0 Å². The van der Waals surface area contributed by atoms with Gasteiger partial charge in [-0.15, -0.1) is 12.4 Å². The molecule has 0 aliphatic carbocycles. The summed E-state index contributed by atoms with van der Waals surface area (Å²) in [4.78, 5) is 4.50. The molecule has 1 heterocycles. The van der Waals surface area contributed by atoms with E-state index in [1.807, 2.05) is 54.3 Å². The SMILES string of the molecule is Cl.Cn1ccnc1C(NCc1ccc(Cl)cc1)c1ccccc1. The summed E-state index contributed by atoms with van der Waals surface area (Å²) in [5.74, 6) is 1.00. The lowest BCUT2D eigenvalue weighted by Crippen LogP contribution is -2.24. The van der Waals surface area contributed by atoms with Crippen LogP contribution in [0.15, 0.2) is 67.0 Å². The third-order valence-electron chi connectivity index (χ3n) is 3.67. The van der Waals surface area contributed by atoms with E-state index in [0.717, 1.165) is 17.4 Å². The van der Waals surface area contributed by atoms with Gasteiger partial charge in [0, 0.05) is 31.0 Å². The van der Waals surface area contributed by atoms with Gasteiger partial charge < -0.3 is 4.57 Å². The molecule has 0 bridgehead atoms. The monoisotopic (exact) mass is 347 g/mol. The summed E-state index contributed by atoms with van der Waals surface area (Å²) in [5.41, 5.74) is 2.39. The maximum atomic E-state index is 5.94. The van der Waals surface area contributed by atoms with Crippen molar-refractivity contribution in [3.8, 4) is 0 Å². The average Bonchev–Trinajstić information content (AvgIpc) is 2.97. The van der Waals surface area contributed by atoms with E-state index in [0.29, 0.717) is 0 Å². The van der Waals surface area contributed by atoms with Crippen molar-refractivity contribution < 1.29 is 0 Å². The number of nitrogens with zero attached hydrogens (tertiary/aromatic N) is 2. The molecule has 3 aromatic rings. The maximum absolute atomic E-state index is 5.94. The van der Waals surface area contributed by atoms with Gasteiger partial charge in [-0.25, -0.2) is 4.98 Å². The summed E-state index contributed by atoms with van der Waals surface area (Å²) in [6, 6.07) is 18.3. The topological polar surface area (TPSA) is 29.9 Å². The molecule has 3 rings (SSSR count). The van der Waals surface area contributed by atoms with Gasteiger partial charge in [-0.05, 0) is 23.3 Å². The predicted octanol–water partition coefficient (Wildman–Crippen LogP) is 4.37. The fourth-order valence-corrected chi connectivity index (χ4v) is 2.61. The summed E-state index contributed by atoms with van der Waals surface area (Å²) in [6.45, 7) is 0.754. The Balaban J connectivity index is 0.00000192. The summed E-state index contributed by atoms with van der Waals surface area (Å²) < 4.78 is 2.05. The number of aryl methyl sites for hydroxylation is 1. The molecular formula is C18H19Cl2N3. The minimum atomic E-state index is 0. The third kappa shape index (κ3) is 4.35. The van der Waals surface area contributed by atoms with Gasteiger partial charge in [-0.3, -0.25) is 5.32 Å². The van der Waals surface area contributed by atoms with Gasteiger partial charge in [0.2, 0.25) is 0 Å². The molecule has 1 atom stereocenters. The Kier molecular flexibility index (Phi) is 6.22. The van der Waals surface area contributed by atoms with Gasteiger partial charge in [0.15, 0.2) is 0 Å². The van der Waals surface area contributed by atoms with Crippen LogP contribution in [0.5, 0.6) is 0 Å². The highest BCUT2D eigenvalue weighted by molar-refractivity contribution is 6.30. The van der Waals surface area contributed by atoms with E-state index < -0.39 is 0 Å². The Hall–Kier alpha value is -1.81. The Morgan fingerprint density at radius 3 is 2.39 bits per heavy atom. The first-order valence-corrected chi connectivity index (χ1v) is 7.62. The van der Waals surface area contributed by atoms with Crippen molar-refractivity contribution in [3.05, 3.63) is 89.0 Å². The van der Waals surface area contributed by atoms with Crippen molar-refractivity contribution in [1.82, 2.24) is 14.9 Å². The van der Waals surface area contributed by atoms with Crippen LogP contribution in [0.3, 0.4) is 0 Å². The molecule has 2 aromatic carbocycles. The van der Waals surface area contributed by atoms with Crippen LogP contribution in [0.1, 0.15) is 23.0 Å². The first kappa shape index (κ1) is 17.5. The number of hydrogen-bond acceptors (Lipinski definition) is 2. The Labute approximate surface area is 147 Å². The average molecular weight is 348 g/mol. The lowest BCUT2D eigenvalue weighted by atomic mass is 10.1. The molecule has 0 radical (unpaired) electrons. The van der Waals surface area contributed by atoms with E-state index in [9.17, 15) is 0 Å². The van der Waals surface area contributed by atoms with Crippen LogP contribution in [0.4, 0.5) is 0 Å². The predicted molar refractivity (Wildman–Crippen MR) is 97.0 cm³/mol. The standard InChI is InChI=1S/C18H18ClN3.ClH/c1-22-12-11-20-18(22)17(15-5-3-2-4-6-15)21-13-14-7-9-16(19)10-8-14;/h2-12,17,21H,13H2,1H3;1H. The Bertz CT molecular complexity index is 724. The van der Waals surface area contributed by atoms with E-state index in [-0.39, 0.29) is 18.4 Å². The minimum absolute atomic E-state index is 0. The molecular weight excluding hydrogens is 329 g/mol. The molecule has 1 N–H and O–H groups in total. The number of rotatable bonds is 5. The van der Waals surface area contributed by atoms with Crippen molar-refractivity contribution in [1.29, 1.82) is 0 Å². The van der Waals surface area contributed by atoms with E-state index in [4.69, 9.17) is 11.6 Å². The number of hydrogen-bond donors (Lipinski definition) is 1. The quantitative estimate of drug-likeness (QED) is 0.742. The number of aromatic nitrogens is 2. The summed E-state index contributed by atoms with van der Waals surface area (Å²) >= 11 is 5.94. The number of halogens is 2. The minimum Gasteiger partial charge on any atom is -0.336 e. The summed E-state index contributed by atoms with van der Waals surface area (Å²) in [6.07, 6.45) is 3.80. The lowest BCUT2D eigenvalue weighted by molar-refractivity contribution is 0.558. The van der Waals surface area contributed by atoms with Gasteiger partial charge in [-0.2, -0.15) is 0 Å². The molecule has 0 aliphatic heterocycles. The van der Waals surface area contributed by atoms with Crippen molar-refractivity contribution in [2.75, 3.05) is 0 Å². The van der Waals surface area contributed by atoms with Crippen LogP contribution in [0, 0.1) is 0 Å². The zero-order valence-electron chi connectivity index (χ0n) is 12.8. The molecule has 1 aromatic heterocycles. The van der Waals surface area contributed by atoms with Crippen molar-refractivity contribution in [2.24, 2.45) is 7.05 Å². The number of nitrogens with one attached hydrogen (secondary N) is 1. The van der Waals surface area contributed by atoms with E-state index >= 15 is 0 Å². The van der Waals surface area contributed by atoms with Crippen molar-refractivity contribution in [3.63, 3.8) is 0 Å². The number of imidazole rings is 1. The largest absolute Gasteiger partial charge is 0.336 e. The van der Waals surface area contributed by atoms with Crippen LogP contribution in [0.25, 0.3) is 0 Å². The molecule has 1 unspecified atom stereocenters. The Morgan fingerprint density at radius 2 is 1.78 bits per heavy atom. The van der Waals surface area contributed by atoms with Crippen LogP contribution < -0.4 is 5.32 Å². The number of benzene rings is 2. The Morgan fingerprint density at radius 1 is 1.09 bits per heavy atom. The maximum Gasteiger partial charge on any atom is 0.130 e. The molecule has 120 valence electrons. The van der Waals surface area contributed by atoms with Gasteiger partial charge >= 0.3 is 0 Å². The van der Waals surface area contributed by atoms with Crippen LogP contribution >= 0.6 is 24.0 Å². The zero-order valence-corrected chi connectivity index (χ0v) is 14.4. The van der Waals surface area contributed by atoms with Crippen LogP contribution in [-0.2, 0) is 13.6 Å². The van der Waals surface area contributed by atoms with Gasteiger partial charge in [-0.1, -0.05) is 54.1 Å². The molecule has 0 aliphatic rings. The van der Waals surface area contributed by atoms with Gasteiger partial charge in [0.05, 0.1) is 6.04 Å². The van der Waals surface area contributed by atoms with Crippen LogP contribution in [-0.4, -0.2) is 9.55 Å². The highest BCUT2D eigenvalue weighted by Gasteiger charge is 2.17. The summed E-state index contributed by atoms with van der Waals surface area (Å²) in [7, 11) is 2.02. The smallest absolute Gasteiger partial charge is 0.130 e. The lowest BCUT2D eigenvalue weighted by Gasteiger charge is -2.19. The fourth-order valence-electron chi connectivity index (χ4n) is 2.48. The first-order chi connectivity index (χ1) is 10.7. The second-order valence-electron chi connectivity index (χ2n) is 5.25. The second kappa shape index (κ2) is 8.16. The molecule has 3 nitrogen and oxygen atoms in total. The normalized spacial score (nSPS) is 11.7. The van der Waals surface area contributed by atoms with E-state index in [2.05, 4.69) is 34.6 Å². The van der Waals surface area contributed by atoms with Crippen molar-refractivity contribution in [2.45, 2.75) is 12.6 Å². The molecule has 0 saturated carbocycles. The van der Waals surface area contributed by atoms with Gasteiger partial charge in [0.1, 0.15) is 5.82 Å². The molecule has 23 heavy (non-hydrogen) atoms. The first-order valence-electron chi connectivity index (χ1n) is 7.24. The van der Waals surface area contributed by atoms with E-state index in [1.54, 1.807) is 0 Å². The highest BCUT2D eigenvalue weighted by Crippen LogP contribution is 2.21. The molecule has 0 saturated heterocycles. The zero-order chi connectivity index (χ0) is 15.4. The third-order valence-corrected chi connectivity index (χ3v) is 3.93. The molecule has 0 spiro atoms. The molecule has 5 heteroatoms. The second-order valence-corrected chi connectivity index (χ2v) is 5.68. The van der Waals surface area contributed by atoms with Crippen LogP contribution in [0.2, 0.25) is 5.02 Å². The molecule has 0 amide bonds. The highest BCUT2D eigenvalue weighted by atomic mass is 35.5. The molecule has 0 fully saturated rings. The fraction of sp³-hybridized carbons (Fsp3) is 0.167. The van der Waals surface area contributed by atoms with Crippen molar-refractivity contribution >= 4 is 24.0 Å². The van der Waals surface area contributed by atoms with E-state index in [1.165, 1.54) is 11.1 Å². The summed E-state index contributed by atoms with van der Waals surface area (Å²) in [5, 5.41) is 4.35.